The Morgan fingerprint density at radius 3 is 2.50 bits per heavy atom. The largest absolute Gasteiger partial charge is 0.457 e. The lowest BCUT2D eigenvalue weighted by molar-refractivity contribution is -0.301. The number of pyridine rings is 2. The SMILES string of the molecule is CC[C@@]1(OC(=O)CN=C(CCOC2CC(C)(C)N([O])C(C)(C)C2)NS(C)(=O)=O)C(=O)OCc2c1cc1n(c2=O)Cc2cc3ccccc3nc2-1. The number of sulfonamides is 1. The summed E-state index contributed by atoms with van der Waals surface area (Å²) in [5, 5.41) is 14.7. The van der Waals surface area contributed by atoms with Crippen molar-refractivity contribution in [2.24, 2.45) is 4.99 Å². The van der Waals surface area contributed by atoms with Crippen LogP contribution in [0.5, 0.6) is 0 Å². The Morgan fingerprint density at radius 1 is 1.12 bits per heavy atom. The number of carbonyl (C=O) groups excluding carboxylic acids is 2. The number of hydrogen-bond donors (Lipinski definition) is 1. The summed E-state index contributed by atoms with van der Waals surface area (Å²) in [6.45, 7) is 8.52. The molecule has 0 saturated carbocycles. The van der Waals surface area contributed by atoms with Crippen molar-refractivity contribution in [1.29, 1.82) is 0 Å². The summed E-state index contributed by atoms with van der Waals surface area (Å²) in [7, 11) is -3.77. The van der Waals surface area contributed by atoms with Gasteiger partial charge < -0.3 is 18.8 Å². The number of hydroxylamine groups is 2. The van der Waals surface area contributed by atoms with Gasteiger partial charge in [-0.2, -0.15) is 0 Å². The number of ether oxygens (including phenoxy) is 3. The van der Waals surface area contributed by atoms with Crippen LogP contribution in [-0.2, 0) is 57.8 Å². The maximum atomic E-state index is 13.8. The molecule has 0 bridgehead atoms. The van der Waals surface area contributed by atoms with Gasteiger partial charge in [0.05, 0.1) is 48.0 Å². The summed E-state index contributed by atoms with van der Waals surface area (Å²) < 4.78 is 45.5. The molecule has 1 aromatic carbocycles. The number of hydrogen-bond acceptors (Lipinski definition) is 11. The van der Waals surface area contributed by atoms with Gasteiger partial charge >= 0.3 is 11.9 Å². The van der Waals surface area contributed by atoms with Crippen molar-refractivity contribution in [2.45, 2.75) is 96.2 Å². The minimum atomic E-state index is -3.77. The zero-order chi connectivity index (χ0) is 36.2. The summed E-state index contributed by atoms with van der Waals surface area (Å²) in [6, 6.07) is 11.3. The van der Waals surface area contributed by atoms with E-state index < -0.39 is 45.2 Å². The van der Waals surface area contributed by atoms with Crippen molar-refractivity contribution in [3.05, 3.63) is 63.4 Å². The number of aliphatic imine (C=N–C) groups is 1. The van der Waals surface area contributed by atoms with Crippen LogP contribution in [0.1, 0.15) is 77.0 Å². The van der Waals surface area contributed by atoms with E-state index in [1.165, 1.54) is 0 Å². The van der Waals surface area contributed by atoms with Gasteiger partial charge in [0.25, 0.3) is 5.56 Å². The minimum Gasteiger partial charge on any atom is -0.457 e. The van der Waals surface area contributed by atoms with Gasteiger partial charge in [-0.15, -0.1) is 10.3 Å². The van der Waals surface area contributed by atoms with Crippen LogP contribution in [-0.4, -0.2) is 77.4 Å². The molecule has 50 heavy (non-hydrogen) atoms. The van der Waals surface area contributed by atoms with Crippen LogP contribution < -0.4 is 10.3 Å². The van der Waals surface area contributed by atoms with E-state index in [1.54, 1.807) is 17.6 Å². The number of esters is 2. The van der Waals surface area contributed by atoms with Gasteiger partial charge in [0.2, 0.25) is 15.6 Å². The maximum Gasteiger partial charge on any atom is 0.355 e. The Hall–Kier alpha value is -4.18. The molecule has 0 spiro atoms. The molecule has 14 nitrogen and oxygen atoms in total. The second kappa shape index (κ2) is 12.9. The molecule has 3 aliphatic rings. The van der Waals surface area contributed by atoms with E-state index in [2.05, 4.69) is 9.71 Å². The van der Waals surface area contributed by atoms with Crippen molar-refractivity contribution < 1.29 is 37.4 Å². The molecule has 0 amide bonds. The molecule has 1 fully saturated rings. The van der Waals surface area contributed by atoms with Crippen molar-refractivity contribution in [3.8, 4) is 11.4 Å². The van der Waals surface area contributed by atoms with Gasteiger partial charge in [-0.3, -0.25) is 14.5 Å². The van der Waals surface area contributed by atoms with E-state index in [4.69, 9.17) is 19.2 Å². The molecule has 6 rings (SSSR count). The van der Waals surface area contributed by atoms with Crippen molar-refractivity contribution in [2.75, 3.05) is 19.4 Å². The molecule has 2 aromatic heterocycles. The first kappa shape index (κ1) is 35.6. The lowest BCUT2D eigenvalue weighted by Gasteiger charge is -2.49. The third-order valence-electron chi connectivity index (χ3n) is 9.62. The van der Waals surface area contributed by atoms with Gasteiger partial charge in [-0.05, 0) is 65.2 Å². The molecule has 15 heteroatoms. The molecule has 1 radical (unpaired) electrons. The first-order valence-electron chi connectivity index (χ1n) is 16.6. The number of aromatic nitrogens is 2. The van der Waals surface area contributed by atoms with E-state index in [1.807, 2.05) is 58.0 Å². The van der Waals surface area contributed by atoms with Gasteiger partial charge in [0.15, 0.2) is 0 Å². The lowest BCUT2D eigenvalue weighted by Crippen LogP contribution is -2.59. The molecule has 0 aliphatic carbocycles. The van der Waals surface area contributed by atoms with Crippen molar-refractivity contribution in [1.82, 2.24) is 19.3 Å². The number of para-hydroxylation sites is 1. The summed E-state index contributed by atoms with van der Waals surface area (Å²) in [5.74, 6) is -1.79. The van der Waals surface area contributed by atoms with E-state index in [-0.39, 0.29) is 54.7 Å². The van der Waals surface area contributed by atoms with Gasteiger partial charge in [-0.1, -0.05) is 25.1 Å². The molecular formula is C35H42N5O9S. The third-order valence-corrected chi connectivity index (χ3v) is 10.2. The van der Waals surface area contributed by atoms with Crippen LogP contribution in [0.15, 0.2) is 46.2 Å². The Labute approximate surface area is 290 Å². The third kappa shape index (κ3) is 6.66. The van der Waals surface area contributed by atoms with Crippen LogP contribution in [0.4, 0.5) is 0 Å². The second-order valence-corrected chi connectivity index (χ2v) is 16.2. The molecule has 1 atom stereocenters. The fraction of sp³-hybridized carbons (Fsp3) is 0.514. The molecule has 1 N–H and O–H groups in total. The summed E-state index contributed by atoms with van der Waals surface area (Å²) >= 11 is 0. The average Bonchev–Trinajstić information content (AvgIpc) is 3.39. The van der Waals surface area contributed by atoms with Gasteiger partial charge in [0, 0.05) is 34.0 Å². The Balaban J connectivity index is 1.23. The fourth-order valence-corrected chi connectivity index (χ4v) is 8.05. The van der Waals surface area contributed by atoms with Crippen LogP contribution in [0.2, 0.25) is 0 Å². The van der Waals surface area contributed by atoms with Crippen LogP contribution in [0.3, 0.4) is 0 Å². The van der Waals surface area contributed by atoms with Crippen molar-refractivity contribution >= 4 is 38.7 Å². The number of fused-ring (bicyclic) bond motifs is 5. The quantitative estimate of drug-likeness (QED) is 0.154. The number of amidine groups is 1. The normalized spacial score (nSPS) is 21.7. The highest BCUT2D eigenvalue weighted by molar-refractivity contribution is 7.89. The zero-order valence-electron chi connectivity index (χ0n) is 29.1. The molecule has 3 aliphatic heterocycles. The minimum absolute atomic E-state index is 0.0204. The molecule has 0 unspecified atom stereocenters. The first-order chi connectivity index (χ1) is 23.4. The number of benzene rings is 1. The van der Waals surface area contributed by atoms with Gasteiger partial charge in [-0.25, -0.2) is 23.0 Å². The Bertz CT molecular complexity index is 2060. The molecule has 5 heterocycles. The maximum absolute atomic E-state index is 13.8. The summed E-state index contributed by atoms with van der Waals surface area (Å²) in [4.78, 5) is 49.6. The van der Waals surface area contributed by atoms with E-state index in [0.717, 1.165) is 27.8 Å². The highest BCUT2D eigenvalue weighted by Gasteiger charge is 2.50. The highest BCUT2D eigenvalue weighted by atomic mass is 32.2. The van der Waals surface area contributed by atoms with Crippen LogP contribution in [0.25, 0.3) is 22.3 Å². The van der Waals surface area contributed by atoms with E-state index in [0.29, 0.717) is 30.8 Å². The number of nitrogens with one attached hydrogen (secondary N) is 1. The first-order valence-corrected chi connectivity index (χ1v) is 18.5. The monoisotopic (exact) mass is 708 g/mol. The zero-order valence-corrected chi connectivity index (χ0v) is 29.9. The average molecular weight is 709 g/mol. The lowest BCUT2D eigenvalue weighted by atomic mass is 9.80. The number of cyclic esters (lactones) is 1. The predicted molar refractivity (Wildman–Crippen MR) is 183 cm³/mol. The standard InChI is InChI=1S/C35H42N5O9S/c1-7-35(49-29(41)18-36-28(38-50(6,45)46)12-13-47-23-16-33(2,3)40(44)34(4,5)17-23)25-15-27-30-22(14-21-10-8-9-11-26(21)37-30)19-39(27)31(42)24(25)20-48-32(35)43/h8-11,14-15,23H,7,12-13,16-20H2,1-6H3,(H,36,38)/t35-/m0/s1. The number of piperidine rings is 1. The van der Waals surface area contributed by atoms with Crippen LogP contribution in [0, 0.1) is 0 Å². The Morgan fingerprint density at radius 2 is 1.82 bits per heavy atom. The molecule has 3 aromatic rings. The predicted octanol–water partition coefficient (Wildman–Crippen LogP) is 3.35. The van der Waals surface area contributed by atoms with E-state index in [9.17, 15) is 28.0 Å². The summed E-state index contributed by atoms with van der Waals surface area (Å²) in [6.07, 6.45) is 1.67. The van der Waals surface area contributed by atoms with Crippen molar-refractivity contribution in [3.63, 3.8) is 0 Å². The topological polar surface area (TPSA) is 178 Å². The fourth-order valence-electron chi connectivity index (χ4n) is 7.46. The highest BCUT2D eigenvalue weighted by Crippen LogP contribution is 2.41. The summed E-state index contributed by atoms with van der Waals surface area (Å²) in [5.41, 5.74) is -0.458. The number of carbonyl (C=O) groups is 2. The number of nitrogens with zero attached hydrogens (tertiary/aromatic N) is 4. The van der Waals surface area contributed by atoms with E-state index >= 15 is 0 Å². The molecule has 1 saturated heterocycles. The Kier molecular flexibility index (Phi) is 9.16. The van der Waals surface area contributed by atoms with Gasteiger partial charge in [0.1, 0.15) is 19.0 Å². The second-order valence-electron chi connectivity index (χ2n) is 14.4. The van der Waals surface area contributed by atoms with Crippen LogP contribution >= 0.6 is 0 Å². The number of rotatable bonds is 9. The molecule has 267 valence electrons. The smallest absolute Gasteiger partial charge is 0.355 e. The molecular weight excluding hydrogens is 666 g/mol.